The van der Waals surface area contributed by atoms with Gasteiger partial charge in [0.25, 0.3) is 0 Å². The van der Waals surface area contributed by atoms with E-state index in [-0.39, 0.29) is 23.9 Å². The van der Waals surface area contributed by atoms with Gasteiger partial charge in [0.1, 0.15) is 0 Å². The van der Waals surface area contributed by atoms with Crippen LogP contribution in [0, 0.1) is 0 Å². The van der Waals surface area contributed by atoms with Crippen molar-refractivity contribution in [1.82, 2.24) is 0 Å². The van der Waals surface area contributed by atoms with Crippen LogP contribution in [-0.4, -0.2) is 48.4 Å². The highest BCUT2D eigenvalue weighted by molar-refractivity contribution is 5.51. The summed E-state index contributed by atoms with van der Waals surface area (Å²) >= 11 is 0. The second kappa shape index (κ2) is 9.49. The molecule has 7 nitrogen and oxygen atoms in total. The van der Waals surface area contributed by atoms with Crippen LogP contribution in [0.2, 0.25) is 0 Å². The molecule has 164 valence electrons. The Morgan fingerprint density at radius 1 is 0.613 bits per heavy atom. The largest absolute Gasteiger partial charge is 0.504 e. The van der Waals surface area contributed by atoms with Crippen molar-refractivity contribution in [2.24, 2.45) is 0 Å². The summed E-state index contributed by atoms with van der Waals surface area (Å²) in [5, 5.41) is 40.5. The van der Waals surface area contributed by atoms with Crippen LogP contribution in [0.15, 0.2) is 54.6 Å². The molecule has 0 aliphatic heterocycles. The predicted molar refractivity (Wildman–Crippen MR) is 116 cm³/mol. The average molecular weight is 426 g/mol. The minimum atomic E-state index is -0.446. The number of phenolic OH excluding ortho intramolecular Hbond substituents is 3. The molecular formula is C24H26O7. The number of methoxy groups -OCH3 is 3. The van der Waals surface area contributed by atoms with Gasteiger partial charge in [-0.05, 0) is 53.1 Å². The minimum absolute atomic E-state index is 0.000128. The van der Waals surface area contributed by atoms with Gasteiger partial charge in [-0.1, -0.05) is 18.2 Å². The molecule has 3 aromatic rings. The molecule has 1 atom stereocenters. The Morgan fingerprint density at radius 2 is 0.968 bits per heavy atom. The van der Waals surface area contributed by atoms with E-state index in [0.717, 1.165) is 16.7 Å². The lowest BCUT2D eigenvalue weighted by molar-refractivity contribution is 0.254. The fraction of sp³-hybridized carbons (Fsp3) is 0.250. The third-order valence-electron chi connectivity index (χ3n) is 5.36. The zero-order valence-corrected chi connectivity index (χ0v) is 17.6. The maximum atomic E-state index is 10.4. The van der Waals surface area contributed by atoms with Crippen LogP contribution < -0.4 is 14.2 Å². The molecule has 0 aliphatic rings. The fourth-order valence-corrected chi connectivity index (χ4v) is 3.76. The second-order valence-electron chi connectivity index (χ2n) is 7.06. The smallest absolute Gasteiger partial charge is 0.160 e. The Morgan fingerprint density at radius 3 is 1.32 bits per heavy atom. The molecule has 0 saturated carbocycles. The zero-order chi connectivity index (χ0) is 22.5. The van der Waals surface area contributed by atoms with Crippen molar-refractivity contribution >= 4 is 0 Å². The molecule has 4 N–H and O–H groups in total. The zero-order valence-electron chi connectivity index (χ0n) is 17.6. The lowest BCUT2D eigenvalue weighted by Crippen LogP contribution is -2.17. The first-order valence-electron chi connectivity index (χ1n) is 9.65. The van der Waals surface area contributed by atoms with Crippen LogP contribution >= 0.6 is 0 Å². The van der Waals surface area contributed by atoms with Crippen LogP contribution in [0.4, 0.5) is 0 Å². The van der Waals surface area contributed by atoms with Gasteiger partial charge in [0, 0.05) is 11.8 Å². The summed E-state index contributed by atoms with van der Waals surface area (Å²) in [7, 11) is 4.39. The van der Waals surface area contributed by atoms with E-state index in [9.17, 15) is 20.4 Å². The summed E-state index contributed by atoms with van der Waals surface area (Å²) in [6.45, 7) is -0.217. The van der Waals surface area contributed by atoms with E-state index >= 15 is 0 Å². The monoisotopic (exact) mass is 426 g/mol. The summed E-state index contributed by atoms with van der Waals surface area (Å²) < 4.78 is 15.8. The molecule has 31 heavy (non-hydrogen) atoms. The van der Waals surface area contributed by atoms with E-state index in [0.29, 0.717) is 17.2 Å². The van der Waals surface area contributed by atoms with Crippen LogP contribution in [0.5, 0.6) is 34.5 Å². The molecule has 7 heteroatoms. The van der Waals surface area contributed by atoms with E-state index in [1.54, 1.807) is 36.4 Å². The average Bonchev–Trinajstić information content (AvgIpc) is 2.79. The Balaban J connectivity index is 2.21. The quantitative estimate of drug-likeness (QED) is 0.435. The van der Waals surface area contributed by atoms with Gasteiger partial charge in [-0.2, -0.15) is 0 Å². The van der Waals surface area contributed by atoms with Gasteiger partial charge >= 0.3 is 0 Å². The molecular weight excluding hydrogens is 400 g/mol. The molecule has 3 aromatic carbocycles. The van der Waals surface area contributed by atoms with E-state index in [4.69, 9.17) is 14.2 Å². The number of aliphatic hydroxyl groups is 1. The molecule has 0 saturated heterocycles. The van der Waals surface area contributed by atoms with Crippen molar-refractivity contribution in [3.63, 3.8) is 0 Å². The van der Waals surface area contributed by atoms with Gasteiger partial charge in [0.05, 0.1) is 27.9 Å². The van der Waals surface area contributed by atoms with Crippen molar-refractivity contribution in [3.05, 3.63) is 71.3 Å². The van der Waals surface area contributed by atoms with Gasteiger partial charge < -0.3 is 34.6 Å². The second-order valence-corrected chi connectivity index (χ2v) is 7.06. The van der Waals surface area contributed by atoms with E-state index in [2.05, 4.69) is 0 Å². The molecule has 0 spiro atoms. The molecule has 0 aromatic heterocycles. The molecule has 0 radical (unpaired) electrons. The number of rotatable bonds is 8. The highest BCUT2D eigenvalue weighted by atomic mass is 16.5. The van der Waals surface area contributed by atoms with Gasteiger partial charge in [0.15, 0.2) is 34.5 Å². The normalized spacial score (nSPS) is 11.9. The molecule has 0 amide bonds. The highest BCUT2D eigenvalue weighted by Crippen LogP contribution is 2.44. The van der Waals surface area contributed by atoms with Crippen molar-refractivity contribution in [2.75, 3.05) is 27.9 Å². The number of aliphatic hydroxyl groups excluding tert-OH is 1. The van der Waals surface area contributed by atoms with E-state index in [1.807, 2.05) is 0 Å². The first kappa shape index (κ1) is 22.1. The van der Waals surface area contributed by atoms with E-state index < -0.39 is 11.8 Å². The van der Waals surface area contributed by atoms with Crippen LogP contribution in [0.3, 0.4) is 0 Å². The Bertz CT molecular complexity index is 995. The molecule has 0 heterocycles. The summed E-state index contributed by atoms with van der Waals surface area (Å²) in [5.74, 6) is 0.0429. The number of aromatic hydroxyl groups is 3. The standard InChI is InChI=1S/C24H26O7/c1-29-21-10-14(4-7-18(21)26)17(13-25)24(15-5-8-19(27)22(11-15)30-2)16-6-9-20(28)23(12-16)31-3/h4-12,17,24-28H,13H2,1-3H3/t17-/m1/s1. The van der Waals surface area contributed by atoms with Gasteiger partial charge in [-0.3, -0.25) is 0 Å². The third-order valence-corrected chi connectivity index (χ3v) is 5.36. The lowest BCUT2D eigenvalue weighted by atomic mass is 9.77. The van der Waals surface area contributed by atoms with E-state index in [1.165, 1.54) is 39.5 Å². The topological polar surface area (TPSA) is 109 Å². The number of benzene rings is 3. The van der Waals surface area contributed by atoms with Gasteiger partial charge in [0.2, 0.25) is 0 Å². The van der Waals surface area contributed by atoms with Crippen LogP contribution in [0.25, 0.3) is 0 Å². The van der Waals surface area contributed by atoms with Crippen LogP contribution in [-0.2, 0) is 0 Å². The van der Waals surface area contributed by atoms with Crippen LogP contribution in [0.1, 0.15) is 28.5 Å². The summed E-state index contributed by atoms with van der Waals surface area (Å²) in [6, 6.07) is 14.9. The molecule has 3 rings (SSSR count). The van der Waals surface area contributed by atoms with Crippen molar-refractivity contribution in [3.8, 4) is 34.5 Å². The number of phenols is 3. The molecule has 0 aliphatic carbocycles. The summed E-state index contributed by atoms with van der Waals surface area (Å²) in [5.41, 5.74) is 2.28. The predicted octanol–water partition coefficient (Wildman–Crippen LogP) is 3.74. The van der Waals surface area contributed by atoms with Gasteiger partial charge in [-0.25, -0.2) is 0 Å². The summed E-state index contributed by atoms with van der Waals surface area (Å²) in [6.07, 6.45) is 0. The van der Waals surface area contributed by atoms with Crippen molar-refractivity contribution in [2.45, 2.75) is 11.8 Å². The van der Waals surface area contributed by atoms with Crippen molar-refractivity contribution in [1.29, 1.82) is 0 Å². The summed E-state index contributed by atoms with van der Waals surface area (Å²) in [4.78, 5) is 0. The van der Waals surface area contributed by atoms with Gasteiger partial charge in [-0.15, -0.1) is 0 Å². The first-order valence-corrected chi connectivity index (χ1v) is 9.65. The fourth-order valence-electron chi connectivity index (χ4n) is 3.76. The molecule has 0 bridgehead atoms. The Hall–Kier alpha value is -3.58. The molecule has 0 unspecified atom stereocenters. The number of hydrogen-bond acceptors (Lipinski definition) is 7. The molecule has 0 fully saturated rings. The maximum Gasteiger partial charge on any atom is 0.160 e. The lowest BCUT2D eigenvalue weighted by Gasteiger charge is -2.28. The Labute approximate surface area is 180 Å². The third kappa shape index (κ3) is 4.46. The van der Waals surface area contributed by atoms with Crippen molar-refractivity contribution < 1.29 is 34.6 Å². The minimum Gasteiger partial charge on any atom is -0.504 e. The Kier molecular flexibility index (Phi) is 6.77. The SMILES string of the molecule is COc1cc(C(c2ccc(O)c(OC)c2)[C@H](CO)c2ccc(O)c(OC)c2)ccc1O. The first-order chi connectivity index (χ1) is 14.9. The number of hydrogen-bond donors (Lipinski definition) is 4. The maximum absolute atomic E-state index is 10.4. The highest BCUT2D eigenvalue weighted by Gasteiger charge is 2.28. The number of ether oxygens (including phenoxy) is 3.